The number of phenols is 1. The third-order valence-corrected chi connectivity index (χ3v) is 6.01. The van der Waals surface area contributed by atoms with Crippen molar-refractivity contribution in [2.45, 2.75) is 20.0 Å². The predicted octanol–water partition coefficient (Wildman–Crippen LogP) is 5.14. The first-order valence-electron chi connectivity index (χ1n) is 11.0. The summed E-state index contributed by atoms with van der Waals surface area (Å²) in [7, 11) is 0. The standard InChI is InChI=1S/C25H24ClFN4O2/c1-14(2)33-25-29-23-19(24(30-25)31-9-7-28-8-10-31)13-20(26)21(22(23)27)18-12-16(32)11-15-5-3-4-6-17(15)18/h3-6,11-14,28,32H,7-10H2,1-2H3. The van der Waals surface area contributed by atoms with Crippen LogP contribution in [0.5, 0.6) is 11.8 Å². The number of nitrogens with zero attached hydrogens (tertiary/aromatic N) is 3. The van der Waals surface area contributed by atoms with E-state index in [1.54, 1.807) is 12.1 Å². The number of benzene rings is 3. The number of anilines is 1. The zero-order valence-electron chi connectivity index (χ0n) is 18.4. The molecule has 1 aliphatic heterocycles. The second kappa shape index (κ2) is 8.65. The van der Waals surface area contributed by atoms with Crippen LogP contribution in [0.25, 0.3) is 32.8 Å². The van der Waals surface area contributed by atoms with Crippen LogP contribution in [0.1, 0.15) is 13.8 Å². The van der Waals surface area contributed by atoms with Crippen molar-refractivity contribution in [1.82, 2.24) is 15.3 Å². The molecule has 1 fully saturated rings. The minimum Gasteiger partial charge on any atom is -0.508 e. The molecule has 0 radical (unpaired) electrons. The van der Waals surface area contributed by atoms with Gasteiger partial charge in [0.15, 0.2) is 5.82 Å². The number of phenolic OH excluding ortho intramolecular Hbond substituents is 1. The van der Waals surface area contributed by atoms with E-state index in [2.05, 4.69) is 20.2 Å². The van der Waals surface area contributed by atoms with Gasteiger partial charge in [-0.25, -0.2) is 4.39 Å². The van der Waals surface area contributed by atoms with Crippen LogP contribution in [0.4, 0.5) is 10.2 Å². The van der Waals surface area contributed by atoms with Crippen molar-refractivity contribution in [3.05, 3.63) is 53.3 Å². The Morgan fingerprint density at radius 2 is 1.85 bits per heavy atom. The molecular weight excluding hydrogens is 443 g/mol. The fraction of sp³-hybridized carbons (Fsp3) is 0.280. The number of aromatic nitrogens is 2. The molecule has 33 heavy (non-hydrogen) atoms. The number of piperazine rings is 1. The first-order chi connectivity index (χ1) is 15.9. The maximum absolute atomic E-state index is 16.2. The van der Waals surface area contributed by atoms with E-state index in [0.717, 1.165) is 37.0 Å². The summed E-state index contributed by atoms with van der Waals surface area (Å²) in [4.78, 5) is 11.1. The van der Waals surface area contributed by atoms with E-state index in [9.17, 15) is 5.11 Å². The Kier molecular flexibility index (Phi) is 5.68. The Hall–Kier alpha value is -3.16. The topological polar surface area (TPSA) is 70.5 Å². The molecular formula is C25H24ClFN4O2. The molecule has 0 spiro atoms. The first-order valence-corrected chi connectivity index (χ1v) is 11.3. The minimum absolute atomic E-state index is 0.0345. The lowest BCUT2D eigenvalue weighted by atomic mass is 9.96. The van der Waals surface area contributed by atoms with Crippen molar-refractivity contribution >= 4 is 39.1 Å². The Balaban J connectivity index is 1.79. The fourth-order valence-corrected chi connectivity index (χ4v) is 4.58. The Morgan fingerprint density at radius 3 is 2.61 bits per heavy atom. The number of hydrogen-bond donors (Lipinski definition) is 2. The highest BCUT2D eigenvalue weighted by Gasteiger charge is 2.24. The van der Waals surface area contributed by atoms with Crippen LogP contribution in [-0.2, 0) is 0 Å². The molecule has 0 aliphatic carbocycles. The monoisotopic (exact) mass is 466 g/mol. The molecule has 4 aromatic rings. The molecule has 5 rings (SSSR count). The van der Waals surface area contributed by atoms with Gasteiger partial charge >= 0.3 is 6.01 Å². The lowest BCUT2D eigenvalue weighted by Gasteiger charge is -2.29. The van der Waals surface area contributed by atoms with Gasteiger partial charge in [-0.05, 0) is 48.4 Å². The molecule has 8 heteroatoms. The van der Waals surface area contributed by atoms with Crippen molar-refractivity contribution in [2.24, 2.45) is 0 Å². The summed E-state index contributed by atoms with van der Waals surface area (Å²) in [5, 5.41) is 15.9. The van der Waals surface area contributed by atoms with Crippen LogP contribution in [-0.4, -0.2) is 47.4 Å². The van der Waals surface area contributed by atoms with Gasteiger partial charge in [0.05, 0.1) is 11.1 Å². The van der Waals surface area contributed by atoms with E-state index in [-0.39, 0.29) is 34.0 Å². The summed E-state index contributed by atoms with van der Waals surface area (Å²) < 4.78 is 22.0. The smallest absolute Gasteiger partial charge is 0.319 e. The first kappa shape index (κ1) is 21.7. The zero-order valence-corrected chi connectivity index (χ0v) is 19.2. The molecule has 3 aromatic carbocycles. The Morgan fingerprint density at radius 1 is 1.09 bits per heavy atom. The van der Waals surface area contributed by atoms with E-state index < -0.39 is 5.82 Å². The van der Waals surface area contributed by atoms with Gasteiger partial charge in [-0.15, -0.1) is 0 Å². The van der Waals surface area contributed by atoms with Gasteiger partial charge < -0.3 is 20.1 Å². The lowest BCUT2D eigenvalue weighted by Crippen LogP contribution is -2.44. The predicted molar refractivity (Wildman–Crippen MR) is 130 cm³/mol. The third-order valence-electron chi connectivity index (χ3n) is 5.72. The van der Waals surface area contributed by atoms with E-state index in [4.69, 9.17) is 16.3 Å². The minimum atomic E-state index is -0.569. The number of hydrogen-bond acceptors (Lipinski definition) is 6. The summed E-state index contributed by atoms with van der Waals surface area (Å²) in [6, 6.07) is 12.5. The molecule has 170 valence electrons. The molecule has 6 nitrogen and oxygen atoms in total. The maximum atomic E-state index is 16.2. The largest absolute Gasteiger partial charge is 0.508 e. The molecule has 0 bridgehead atoms. The highest BCUT2D eigenvalue weighted by atomic mass is 35.5. The number of ether oxygens (including phenoxy) is 1. The van der Waals surface area contributed by atoms with Crippen LogP contribution < -0.4 is 15.0 Å². The molecule has 2 N–H and O–H groups in total. The van der Waals surface area contributed by atoms with E-state index in [1.165, 1.54) is 6.07 Å². The zero-order chi connectivity index (χ0) is 23.1. The van der Waals surface area contributed by atoms with Crippen molar-refractivity contribution < 1.29 is 14.2 Å². The maximum Gasteiger partial charge on any atom is 0.319 e. The van der Waals surface area contributed by atoms with Crippen molar-refractivity contribution in [1.29, 1.82) is 0 Å². The number of fused-ring (bicyclic) bond motifs is 2. The average Bonchev–Trinajstić information content (AvgIpc) is 2.79. The van der Waals surface area contributed by atoms with E-state index in [0.29, 0.717) is 16.8 Å². The highest BCUT2D eigenvalue weighted by Crippen LogP contribution is 2.42. The van der Waals surface area contributed by atoms with E-state index >= 15 is 4.39 Å². The summed E-state index contributed by atoms with van der Waals surface area (Å²) in [6.07, 6.45) is -0.164. The van der Waals surface area contributed by atoms with Gasteiger partial charge in [-0.1, -0.05) is 35.9 Å². The highest BCUT2D eigenvalue weighted by molar-refractivity contribution is 6.35. The Labute approximate surface area is 196 Å². The lowest BCUT2D eigenvalue weighted by molar-refractivity contribution is 0.223. The average molecular weight is 467 g/mol. The summed E-state index contributed by atoms with van der Waals surface area (Å²) in [5.74, 6) is 0.0678. The number of rotatable bonds is 4. The summed E-state index contributed by atoms with van der Waals surface area (Å²) in [5.41, 5.74) is 0.835. The summed E-state index contributed by atoms with van der Waals surface area (Å²) in [6.45, 7) is 6.81. The molecule has 1 saturated heterocycles. The number of nitrogens with one attached hydrogen (secondary N) is 1. The van der Waals surface area contributed by atoms with Crippen LogP contribution in [0.3, 0.4) is 0 Å². The van der Waals surface area contributed by atoms with Gasteiger partial charge in [-0.3, -0.25) is 0 Å². The SMILES string of the molecule is CC(C)Oc1nc(N2CCNCC2)c2cc(Cl)c(-c3cc(O)cc4ccccc34)c(F)c2n1. The van der Waals surface area contributed by atoms with Gasteiger partial charge in [0.2, 0.25) is 0 Å². The summed E-state index contributed by atoms with van der Waals surface area (Å²) >= 11 is 6.69. The van der Waals surface area contributed by atoms with E-state index in [1.807, 2.05) is 38.1 Å². The third kappa shape index (κ3) is 4.03. The number of halogens is 2. The molecule has 0 unspecified atom stereocenters. The van der Waals surface area contributed by atoms with Gasteiger partial charge in [0, 0.05) is 37.1 Å². The van der Waals surface area contributed by atoms with Gasteiger partial charge in [0.1, 0.15) is 17.1 Å². The van der Waals surface area contributed by atoms with Crippen molar-refractivity contribution in [3.63, 3.8) is 0 Å². The van der Waals surface area contributed by atoms with Crippen LogP contribution in [0.2, 0.25) is 5.02 Å². The number of aromatic hydroxyl groups is 1. The second-order valence-electron chi connectivity index (χ2n) is 8.39. The molecule has 0 atom stereocenters. The fourth-order valence-electron chi connectivity index (χ4n) is 4.29. The Bertz CT molecular complexity index is 1360. The van der Waals surface area contributed by atoms with Gasteiger partial charge in [0.25, 0.3) is 0 Å². The van der Waals surface area contributed by atoms with Crippen LogP contribution in [0, 0.1) is 5.82 Å². The molecule has 2 heterocycles. The van der Waals surface area contributed by atoms with Crippen molar-refractivity contribution in [2.75, 3.05) is 31.1 Å². The second-order valence-corrected chi connectivity index (χ2v) is 8.80. The molecule has 1 aromatic heterocycles. The molecule has 0 amide bonds. The van der Waals surface area contributed by atoms with Crippen molar-refractivity contribution in [3.8, 4) is 22.9 Å². The van der Waals surface area contributed by atoms with Crippen LogP contribution >= 0.6 is 11.6 Å². The quantitative estimate of drug-likeness (QED) is 0.433. The van der Waals surface area contributed by atoms with Crippen LogP contribution in [0.15, 0.2) is 42.5 Å². The normalized spacial score (nSPS) is 14.4. The molecule has 0 saturated carbocycles. The molecule has 1 aliphatic rings. The van der Waals surface area contributed by atoms with Gasteiger partial charge in [-0.2, -0.15) is 9.97 Å².